The van der Waals surface area contributed by atoms with Gasteiger partial charge in [0.25, 0.3) is 0 Å². The minimum Gasteiger partial charge on any atom is -0.309 e. The highest BCUT2D eigenvalue weighted by Gasteiger charge is 2.24. The van der Waals surface area contributed by atoms with Crippen molar-refractivity contribution in [2.75, 3.05) is 6.54 Å². The van der Waals surface area contributed by atoms with Crippen LogP contribution in [0, 0.1) is 6.92 Å². The minimum absolute atomic E-state index is 0.538. The number of thiophene rings is 1. The molecule has 1 aliphatic rings. The SMILES string of the molecule is CCCNC1CCCc2nc(-c3ccc(C)s3)sc21. The Bertz CT molecular complexity index is 556. The molecule has 2 aromatic heterocycles. The predicted molar refractivity (Wildman–Crippen MR) is 84.1 cm³/mol. The second-order valence-corrected chi connectivity index (χ2v) is 7.46. The fourth-order valence-electron chi connectivity index (χ4n) is 2.59. The van der Waals surface area contributed by atoms with Crippen LogP contribution < -0.4 is 5.32 Å². The number of nitrogens with zero attached hydrogens (tertiary/aromatic N) is 1. The lowest BCUT2D eigenvalue weighted by molar-refractivity contribution is 0.465. The smallest absolute Gasteiger partial charge is 0.133 e. The fourth-order valence-corrected chi connectivity index (χ4v) is 4.73. The molecule has 2 nitrogen and oxygen atoms in total. The van der Waals surface area contributed by atoms with Crippen LogP contribution >= 0.6 is 22.7 Å². The van der Waals surface area contributed by atoms with E-state index < -0.39 is 0 Å². The van der Waals surface area contributed by atoms with Crippen molar-refractivity contribution in [3.05, 3.63) is 27.6 Å². The molecule has 0 bridgehead atoms. The first kappa shape index (κ1) is 13.3. The Hall–Kier alpha value is -0.710. The fraction of sp³-hybridized carbons (Fsp3) is 0.533. The molecule has 0 amide bonds. The summed E-state index contributed by atoms with van der Waals surface area (Å²) in [5, 5.41) is 4.89. The third kappa shape index (κ3) is 2.76. The largest absolute Gasteiger partial charge is 0.309 e. The van der Waals surface area contributed by atoms with Crippen LogP contribution in [0.15, 0.2) is 12.1 Å². The molecule has 3 rings (SSSR count). The molecule has 0 aliphatic heterocycles. The summed E-state index contributed by atoms with van der Waals surface area (Å²) in [6.45, 7) is 5.49. The first-order valence-corrected chi connectivity index (χ1v) is 8.71. The van der Waals surface area contributed by atoms with Crippen LogP contribution in [0.2, 0.25) is 0 Å². The van der Waals surface area contributed by atoms with Gasteiger partial charge in [0.2, 0.25) is 0 Å². The molecule has 2 heterocycles. The summed E-state index contributed by atoms with van der Waals surface area (Å²) in [5.74, 6) is 0. The van der Waals surface area contributed by atoms with E-state index in [9.17, 15) is 0 Å². The standard InChI is InChI=1S/C15H20N2S2/c1-3-9-16-11-5-4-6-12-14(11)19-15(17-12)13-8-7-10(2)18-13/h7-8,11,16H,3-6,9H2,1-2H3. The Morgan fingerprint density at radius 2 is 2.26 bits per heavy atom. The zero-order valence-electron chi connectivity index (χ0n) is 11.5. The van der Waals surface area contributed by atoms with Crippen LogP contribution in [0.5, 0.6) is 0 Å². The molecule has 0 fully saturated rings. The van der Waals surface area contributed by atoms with E-state index >= 15 is 0 Å². The summed E-state index contributed by atoms with van der Waals surface area (Å²) in [7, 11) is 0. The van der Waals surface area contributed by atoms with E-state index in [0.29, 0.717) is 6.04 Å². The van der Waals surface area contributed by atoms with E-state index in [2.05, 4.69) is 31.3 Å². The van der Waals surface area contributed by atoms with Crippen molar-refractivity contribution < 1.29 is 0 Å². The molecule has 0 saturated carbocycles. The molecule has 0 spiro atoms. The lowest BCUT2D eigenvalue weighted by Crippen LogP contribution is -2.24. The molecule has 1 unspecified atom stereocenters. The molecule has 1 aliphatic carbocycles. The maximum Gasteiger partial charge on any atom is 0.133 e. The van der Waals surface area contributed by atoms with Crippen molar-refractivity contribution in [3.63, 3.8) is 0 Å². The summed E-state index contributed by atoms with van der Waals surface area (Å²) >= 11 is 3.75. The molecule has 19 heavy (non-hydrogen) atoms. The monoisotopic (exact) mass is 292 g/mol. The van der Waals surface area contributed by atoms with Crippen molar-refractivity contribution in [2.24, 2.45) is 0 Å². The van der Waals surface area contributed by atoms with Crippen LogP contribution in [-0.4, -0.2) is 11.5 Å². The van der Waals surface area contributed by atoms with Gasteiger partial charge < -0.3 is 5.32 Å². The predicted octanol–water partition coefficient (Wildman–Crippen LogP) is 4.56. The molecule has 4 heteroatoms. The maximum atomic E-state index is 4.88. The topological polar surface area (TPSA) is 24.9 Å². The Morgan fingerprint density at radius 1 is 1.37 bits per heavy atom. The van der Waals surface area contributed by atoms with Gasteiger partial charge in [0.1, 0.15) is 5.01 Å². The Labute approximate surface area is 122 Å². The number of hydrogen-bond acceptors (Lipinski definition) is 4. The molecule has 0 saturated heterocycles. The van der Waals surface area contributed by atoms with Crippen LogP contribution in [0.25, 0.3) is 9.88 Å². The van der Waals surface area contributed by atoms with Crippen molar-refractivity contribution in [2.45, 2.75) is 45.6 Å². The minimum atomic E-state index is 0.538. The molecule has 0 radical (unpaired) electrons. The number of aromatic nitrogens is 1. The number of hydrogen-bond donors (Lipinski definition) is 1. The number of aryl methyl sites for hydroxylation is 2. The average molecular weight is 292 g/mol. The highest BCUT2D eigenvalue weighted by Crippen LogP contribution is 2.39. The van der Waals surface area contributed by atoms with Gasteiger partial charge in [-0.05, 0) is 51.3 Å². The quantitative estimate of drug-likeness (QED) is 0.893. The van der Waals surface area contributed by atoms with Crippen LogP contribution in [0.4, 0.5) is 0 Å². The van der Waals surface area contributed by atoms with Crippen molar-refractivity contribution in [3.8, 4) is 9.88 Å². The summed E-state index contributed by atoms with van der Waals surface area (Å²) in [4.78, 5) is 9.06. The van der Waals surface area contributed by atoms with E-state index in [0.717, 1.165) is 13.0 Å². The van der Waals surface area contributed by atoms with Gasteiger partial charge in [-0.15, -0.1) is 22.7 Å². The zero-order valence-corrected chi connectivity index (χ0v) is 13.2. The van der Waals surface area contributed by atoms with Gasteiger partial charge in [-0.3, -0.25) is 0 Å². The number of rotatable bonds is 4. The van der Waals surface area contributed by atoms with Gasteiger partial charge in [-0.25, -0.2) is 4.98 Å². The van der Waals surface area contributed by atoms with E-state index in [4.69, 9.17) is 4.98 Å². The highest BCUT2D eigenvalue weighted by molar-refractivity contribution is 7.21. The van der Waals surface area contributed by atoms with Crippen molar-refractivity contribution >= 4 is 22.7 Å². The van der Waals surface area contributed by atoms with Gasteiger partial charge in [0, 0.05) is 15.8 Å². The van der Waals surface area contributed by atoms with Gasteiger partial charge in [0.15, 0.2) is 0 Å². The average Bonchev–Trinajstić information content (AvgIpc) is 3.02. The lowest BCUT2D eigenvalue weighted by Gasteiger charge is -2.22. The number of nitrogens with one attached hydrogen (secondary N) is 1. The third-order valence-corrected chi connectivity index (χ3v) is 5.92. The van der Waals surface area contributed by atoms with Crippen LogP contribution in [-0.2, 0) is 6.42 Å². The summed E-state index contributed by atoms with van der Waals surface area (Å²) in [6.07, 6.45) is 4.88. The third-order valence-electron chi connectivity index (χ3n) is 3.54. The first-order valence-electron chi connectivity index (χ1n) is 7.07. The summed E-state index contributed by atoms with van der Waals surface area (Å²) in [5.41, 5.74) is 1.34. The van der Waals surface area contributed by atoms with Crippen molar-refractivity contribution in [1.29, 1.82) is 0 Å². The maximum absolute atomic E-state index is 4.88. The van der Waals surface area contributed by atoms with E-state index in [1.54, 1.807) is 0 Å². The van der Waals surface area contributed by atoms with E-state index in [1.807, 2.05) is 22.7 Å². The van der Waals surface area contributed by atoms with Gasteiger partial charge in [0.05, 0.1) is 10.6 Å². The normalized spacial score (nSPS) is 18.5. The Balaban J connectivity index is 1.88. The molecule has 102 valence electrons. The van der Waals surface area contributed by atoms with E-state index in [-0.39, 0.29) is 0 Å². The Morgan fingerprint density at radius 3 is 3.00 bits per heavy atom. The van der Waals surface area contributed by atoms with Gasteiger partial charge >= 0.3 is 0 Å². The lowest BCUT2D eigenvalue weighted by atomic mass is 9.98. The van der Waals surface area contributed by atoms with E-state index in [1.165, 1.54) is 44.6 Å². The van der Waals surface area contributed by atoms with Gasteiger partial charge in [-0.2, -0.15) is 0 Å². The number of fused-ring (bicyclic) bond motifs is 1. The molecule has 1 N–H and O–H groups in total. The first-order chi connectivity index (χ1) is 9.28. The molecular formula is C15H20N2S2. The van der Waals surface area contributed by atoms with Crippen LogP contribution in [0.1, 0.15) is 47.7 Å². The molecule has 1 atom stereocenters. The summed E-state index contributed by atoms with van der Waals surface area (Å²) in [6, 6.07) is 4.93. The summed E-state index contributed by atoms with van der Waals surface area (Å²) < 4.78 is 0. The second-order valence-electron chi connectivity index (χ2n) is 5.14. The second kappa shape index (κ2) is 5.73. The zero-order chi connectivity index (χ0) is 13.2. The number of thiazole rings is 1. The molecular weight excluding hydrogens is 272 g/mol. The molecule has 0 aromatic carbocycles. The van der Waals surface area contributed by atoms with Crippen LogP contribution in [0.3, 0.4) is 0 Å². The molecule has 2 aromatic rings. The highest BCUT2D eigenvalue weighted by atomic mass is 32.1. The van der Waals surface area contributed by atoms with Crippen molar-refractivity contribution in [1.82, 2.24) is 10.3 Å². The van der Waals surface area contributed by atoms with Gasteiger partial charge in [-0.1, -0.05) is 6.92 Å². The Kier molecular flexibility index (Phi) is 4.01.